The number of carbonyl (C=O) groups is 2. The smallest absolute Gasteiger partial charge is 0.245 e. The van der Waals surface area contributed by atoms with Crippen LogP contribution >= 0.6 is 0 Å². The number of benzene rings is 6. The standard InChI is InChI=1S/C58H60N8O2/c67-57(53(40-15-5-1-6-16-40)63-29-9-3-10-30-63)65-33-13-19-51(65)55-59-47-27-25-44(37-49(47)61-55)42-23-21-39-22-24-43(36-46(39)35-42)45-26-28-48-50(38-45)62-56(60-48)52-20-14-34-66(52)58(68)54(41-17-7-2-8-18-41)64-31-11-4-12-32-64/h1-2,5-8,15-18,21-28,35-38,51-54H,3-4,9-14,19-20,29-34H2,(H,59,61)(H,60,62)/t51-,52-,53?,54?/m0/s1. The Morgan fingerprint density at radius 2 is 0.853 bits per heavy atom. The second-order valence-corrected chi connectivity index (χ2v) is 19.7. The predicted molar refractivity (Wildman–Crippen MR) is 271 cm³/mol. The molecule has 2 amide bonds. The molecule has 10 heteroatoms. The minimum absolute atomic E-state index is 0.0793. The van der Waals surface area contributed by atoms with Crippen molar-refractivity contribution in [3.05, 3.63) is 156 Å². The minimum atomic E-state index is -0.267. The van der Waals surface area contributed by atoms with Crippen molar-refractivity contribution in [1.29, 1.82) is 0 Å². The summed E-state index contributed by atoms with van der Waals surface area (Å²) >= 11 is 0. The van der Waals surface area contributed by atoms with E-state index in [9.17, 15) is 9.59 Å². The first-order valence-corrected chi connectivity index (χ1v) is 25.3. The van der Waals surface area contributed by atoms with Crippen LogP contribution in [0, 0.1) is 0 Å². The van der Waals surface area contributed by atoms with Crippen molar-refractivity contribution >= 4 is 44.7 Å². The summed E-state index contributed by atoms with van der Waals surface area (Å²) in [4.78, 5) is 55.8. The van der Waals surface area contributed by atoms with E-state index < -0.39 is 0 Å². The number of likely N-dealkylation sites (tertiary alicyclic amines) is 4. The van der Waals surface area contributed by atoms with Gasteiger partial charge in [-0.25, -0.2) is 9.97 Å². The molecule has 8 aromatic rings. The number of carbonyl (C=O) groups excluding carboxylic acids is 2. The highest BCUT2D eigenvalue weighted by molar-refractivity contribution is 5.93. The van der Waals surface area contributed by atoms with Gasteiger partial charge in [-0.2, -0.15) is 0 Å². The second-order valence-electron chi connectivity index (χ2n) is 19.7. The lowest BCUT2D eigenvalue weighted by Crippen LogP contribution is -2.44. The van der Waals surface area contributed by atoms with Gasteiger partial charge < -0.3 is 19.8 Å². The fourth-order valence-electron chi connectivity index (χ4n) is 11.9. The molecule has 12 rings (SSSR count). The molecule has 344 valence electrons. The van der Waals surface area contributed by atoms with Gasteiger partial charge in [0.15, 0.2) is 0 Å². The lowest BCUT2D eigenvalue weighted by molar-refractivity contribution is -0.139. The monoisotopic (exact) mass is 900 g/mol. The maximum absolute atomic E-state index is 14.6. The summed E-state index contributed by atoms with van der Waals surface area (Å²) in [5, 5.41) is 2.34. The molecular formula is C58H60N8O2. The van der Waals surface area contributed by atoms with E-state index in [1.54, 1.807) is 0 Å². The summed E-state index contributed by atoms with van der Waals surface area (Å²) in [5.41, 5.74) is 10.4. The molecule has 2 N–H and O–H groups in total. The van der Waals surface area contributed by atoms with Gasteiger partial charge in [-0.15, -0.1) is 0 Å². The third-order valence-corrected chi connectivity index (χ3v) is 15.4. The van der Waals surface area contributed by atoms with Gasteiger partial charge in [-0.3, -0.25) is 19.4 Å². The molecule has 0 radical (unpaired) electrons. The van der Waals surface area contributed by atoms with Crippen molar-refractivity contribution in [3.63, 3.8) is 0 Å². The van der Waals surface area contributed by atoms with Gasteiger partial charge in [0.25, 0.3) is 0 Å². The van der Waals surface area contributed by atoms with Crippen LogP contribution in [-0.2, 0) is 9.59 Å². The number of nitrogens with one attached hydrogen (secondary N) is 2. The van der Waals surface area contributed by atoms with E-state index in [-0.39, 0.29) is 36.0 Å². The number of imidazole rings is 2. The molecule has 4 aliphatic heterocycles. The molecule has 68 heavy (non-hydrogen) atoms. The van der Waals surface area contributed by atoms with Crippen LogP contribution in [-0.4, -0.2) is 90.6 Å². The van der Waals surface area contributed by atoms with E-state index in [0.717, 1.165) is 163 Å². The molecule has 10 nitrogen and oxygen atoms in total. The van der Waals surface area contributed by atoms with Gasteiger partial charge in [0, 0.05) is 13.1 Å². The maximum atomic E-state index is 14.6. The van der Waals surface area contributed by atoms with Crippen LogP contribution in [0.1, 0.15) is 111 Å². The number of nitrogens with zero attached hydrogens (tertiary/aromatic N) is 6. The van der Waals surface area contributed by atoms with E-state index >= 15 is 0 Å². The summed E-state index contributed by atoms with van der Waals surface area (Å²) in [6.45, 7) is 5.30. The number of aromatic nitrogens is 4. The average molecular weight is 901 g/mol. The van der Waals surface area contributed by atoms with E-state index in [1.165, 1.54) is 18.2 Å². The summed E-state index contributed by atoms with van der Waals surface area (Å²) in [5.74, 6) is 2.12. The van der Waals surface area contributed by atoms with E-state index in [0.29, 0.717) is 0 Å². The number of hydrogen-bond acceptors (Lipinski definition) is 6. The van der Waals surface area contributed by atoms with Crippen molar-refractivity contribution in [2.45, 2.75) is 88.4 Å². The van der Waals surface area contributed by atoms with E-state index in [4.69, 9.17) is 9.97 Å². The minimum Gasteiger partial charge on any atom is -0.340 e. The first kappa shape index (κ1) is 42.7. The molecule has 0 bridgehead atoms. The Morgan fingerprint density at radius 3 is 1.29 bits per heavy atom. The molecule has 4 atom stereocenters. The third kappa shape index (κ3) is 8.17. The zero-order valence-corrected chi connectivity index (χ0v) is 38.8. The predicted octanol–water partition coefficient (Wildman–Crippen LogP) is 11.7. The average Bonchev–Trinajstić information content (AvgIpc) is 4.24. The molecule has 0 aliphatic carbocycles. The fourth-order valence-corrected chi connectivity index (χ4v) is 11.9. The second kappa shape index (κ2) is 18.5. The molecule has 4 aliphatic rings. The van der Waals surface area contributed by atoms with Crippen LogP contribution in [0.4, 0.5) is 0 Å². The molecule has 4 fully saturated rings. The van der Waals surface area contributed by atoms with Crippen molar-refractivity contribution in [3.8, 4) is 22.3 Å². The van der Waals surface area contributed by atoms with E-state index in [1.807, 2.05) is 12.1 Å². The first-order chi connectivity index (χ1) is 33.5. The number of H-pyrrole nitrogens is 2. The van der Waals surface area contributed by atoms with Crippen molar-refractivity contribution in [2.75, 3.05) is 39.3 Å². The molecular weight excluding hydrogens is 841 g/mol. The van der Waals surface area contributed by atoms with Gasteiger partial charge in [-0.05, 0) is 158 Å². The first-order valence-electron chi connectivity index (χ1n) is 25.3. The van der Waals surface area contributed by atoms with Crippen LogP contribution < -0.4 is 0 Å². The topological polar surface area (TPSA) is 104 Å². The van der Waals surface area contributed by atoms with Gasteiger partial charge in [0.2, 0.25) is 11.8 Å². The quantitative estimate of drug-likeness (QED) is 0.142. The summed E-state index contributed by atoms with van der Waals surface area (Å²) < 4.78 is 0. The van der Waals surface area contributed by atoms with Crippen LogP contribution in [0.2, 0.25) is 0 Å². The van der Waals surface area contributed by atoms with Gasteiger partial charge in [0.1, 0.15) is 23.7 Å². The Labute approximate surface area is 398 Å². The Kier molecular flexibility index (Phi) is 11.6. The molecule has 0 saturated carbocycles. The lowest BCUT2D eigenvalue weighted by atomic mass is 9.97. The van der Waals surface area contributed by atoms with Crippen LogP contribution in [0.25, 0.3) is 55.1 Å². The van der Waals surface area contributed by atoms with Gasteiger partial charge in [0.05, 0.1) is 34.2 Å². The Balaban J connectivity index is 0.784. The fraction of sp³-hybridized carbons (Fsp3) is 0.345. The molecule has 0 spiro atoms. The normalized spacial score (nSPS) is 20.4. The zero-order valence-electron chi connectivity index (χ0n) is 38.8. The van der Waals surface area contributed by atoms with Gasteiger partial charge in [-0.1, -0.05) is 110 Å². The molecule has 2 aromatic heterocycles. The summed E-state index contributed by atoms with van der Waals surface area (Å²) in [7, 11) is 0. The molecule has 6 heterocycles. The van der Waals surface area contributed by atoms with Crippen molar-refractivity contribution in [2.24, 2.45) is 0 Å². The number of fused-ring (bicyclic) bond motifs is 3. The largest absolute Gasteiger partial charge is 0.340 e. The number of aromatic amines is 2. The van der Waals surface area contributed by atoms with Crippen LogP contribution in [0.15, 0.2) is 133 Å². The van der Waals surface area contributed by atoms with Crippen molar-refractivity contribution in [1.82, 2.24) is 39.5 Å². The highest BCUT2D eigenvalue weighted by atomic mass is 16.2. The Morgan fingerprint density at radius 1 is 0.441 bits per heavy atom. The number of amides is 2. The summed E-state index contributed by atoms with van der Waals surface area (Å²) in [6.07, 6.45) is 10.7. The number of piperidine rings is 2. The van der Waals surface area contributed by atoms with Crippen molar-refractivity contribution < 1.29 is 9.59 Å². The highest BCUT2D eigenvalue weighted by Crippen LogP contribution is 2.39. The molecule has 6 aromatic carbocycles. The Bertz CT molecular complexity index is 2890. The van der Waals surface area contributed by atoms with E-state index in [2.05, 4.69) is 151 Å². The Hall–Kier alpha value is -6.62. The summed E-state index contributed by atoms with van der Waals surface area (Å²) in [6, 6.07) is 46.3. The maximum Gasteiger partial charge on any atom is 0.245 e. The lowest BCUT2D eigenvalue weighted by Gasteiger charge is -2.37. The molecule has 4 saturated heterocycles. The van der Waals surface area contributed by atoms with Gasteiger partial charge >= 0.3 is 0 Å². The SMILES string of the molecule is O=C(C(c1ccccc1)N1CCCCC1)N1CCC[C@H]1c1nc2cc(-c3ccc4ccc(-c5ccc6[nH]c([C@@H]7CCCN7C(=O)C(c7ccccc7)N7CCCCC7)nc6c5)cc4c3)ccc2[nH]1. The number of hydrogen-bond donors (Lipinski definition) is 2. The highest BCUT2D eigenvalue weighted by Gasteiger charge is 2.40. The third-order valence-electron chi connectivity index (χ3n) is 15.4. The van der Waals surface area contributed by atoms with Crippen LogP contribution in [0.3, 0.4) is 0 Å². The van der Waals surface area contributed by atoms with Crippen LogP contribution in [0.5, 0.6) is 0 Å². The number of rotatable bonds is 10. The zero-order chi connectivity index (χ0) is 45.6. The molecule has 2 unspecified atom stereocenters.